The van der Waals surface area contributed by atoms with Gasteiger partial charge in [0.2, 0.25) is 0 Å². The van der Waals surface area contributed by atoms with Gasteiger partial charge in [-0.05, 0) is 42.7 Å². The fraction of sp³-hybridized carbons (Fsp3) is 0.353. The highest BCUT2D eigenvalue weighted by molar-refractivity contribution is 7.99. The lowest BCUT2D eigenvalue weighted by atomic mass is 10.0. The Balaban J connectivity index is 2.17. The van der Waals surface area contributed by atoms with Crippen LogP contribution in [0.4, 0.5) is 0 Å². The average molecular weight is 286 g/mol. The number of nitrogens with zero attached hydrogens (tertiary/aromatic N) is 1. The topological polar surface area (TPSA) is 38.9 Å². The van der Waals surface area contributed by atoms with Gasteiger partial charge in [-0.2, -0.15) is 0 Å². The molecule has 1 aromatic heterocycles. The summed E-state index contributed by atoms with van der Waals surface area (Å²) in [5.41, 5.74) is 8.54. The van der Waals surface area contributed by atoms with E-state index in [0.717, 1.165) is 5.69 Å². The molecule has 0 aliphatic carbocycles. The molecule has 0 saturated carbocycles. The van der Waals surface area contributed by atoms with Crippen LogP contribution in [0.5, 0.6) is 0 Å². The molecule has 0 fully saturated rings. The van der Waals surface area contributed by atoms with Gasteiger partial charge in [0.05, 0.1) is 10.9 Å². The molecular weight excluding hydrogens is 264 g/mol. The molecule has 0 radical (unpaired) electrons. The van der Waals surface area contributed by atoms with E-state index < -0.39 is 0 Å². The maximum atomic E-state index is 6.13. The minimum absolute atomic E-state index is 0.0553. The lowest BCUT2D eigenvalue weighted by Gasteiger charge is -2.20. The number of hydrogen-bond donors (Lipinski definition) is 1. The molecule has 0 aliphatic rings. The zero-order valence-electron chi connectivity index (χ0n) is 12.3. The minimum Gasteiger partial charge on any atom is -0.327 e. The van der Waals surface area contributed by atoms with Crippen molar-refractivity contribution in [2.45, 2.75) is 42.9 Å². The van der Waals surface area contributed by atoms with Crippen molar-refractivity contribution in [1.82, 2.24) is 4.98 Å². The van der Waals surface area contributed by atoms with Gasteiger partial charge in [-0.1, -0.05) is 32.0 Å². The second-order valence-electron chi connectivity index (χ2n) is 5.38. The van der Waals surface area contributed by atoms with E-state index in [1.807, 2.05) is 31.3 Å². The van der Waals surface area contributed by atoms with Crippen LogP contribution in [0.25, 0.3) is 0 Å². The fourth-order valence-electron chi connectivity index (χ4n) is 2.06. The van der Waals surface area contributed by atoms with Crippen LogP contribution in [-0.4, -0.2) is 11.0 Å². The normalized spacial score (nSPS) is 14.2. The summed E-state index contributed by atoms with van der Waals surface area (Å²) in [5, 5.41) is 0.182. The Hall–Kier alpha value is -1.32. The van der Waals surface area contributed by atoms with Gasteiger partial charge in [-0.15, -0.1) is 11.8 Å². The monoisotopic (exact) mass is 286 g/mol. The summed E-state index contributed by atoms with van der Waals surface area (Å²) in [6, 6.07) is 14.8. The molecule has 1 heterocycles. The number of hydrogen-bond acceptors (Lipinski definition) is 3. The first-order chi connectivity index (χ1) is 9.58. The van der Waals surface area contributed by atoms with Crippen LogP contribution in [0.3, 0.4) is 0 Å². The maximum absolute atomic E-state index is 6.13. The molecule has 20 heavy (non-hydrogen) atoms. The molecule has 0 saturated heterocycles. The van der Waals surface area contributed by atoms with Gasteiger partial charge < -0.3 is 5.73 Å². The summed E-state index contributed by atoms with van der Waals surface area (Å²) in [6.45, 7) is 6.45. The van der Waals surface area contributed by atoms with E-state index in [0.29, 0.717) is 5.92 Å². The molecule has 1 aromatic carbocycles. The average Bonchev–Trinajstić information content (AvgIpc) is 2.46. The predicted molar refractivity (Wildman–Crippen MR) is 87.0 cm³/mol. The van der Waals surface area contributed by atoms with E-state index in [2.05, 4.69) is 43.1 Å². The Labute approximate surface area is 125 Å². The van der Waals surface area contributed by atoms with Crippen molar-refractivity contribution in [3.05, 3.63) is 59.9 Å². The van der Waals surface area contributed by atoms with Crippen molar-refractivity contribution >= 4 is 11.8 Å². The standard InChI is InChI=1S/C17H22N2S/c1-12(2)14-7-9-15(10-8-14)20-17(13(3)18)16-6-4-5-11-19-16/h4-13,17H,18H2,1-3H3. The van der Waals surface area contributed by atoms with E-state index in [-0.39, 0.29) is 11.3 Å². The molecule has 2 nitrogen and oxygen atoms in total. The van der Waals surface area contributed by atoms with E-state index in [1.54, 1.807) is 11.8 Å². The molecule has 2 N–H and O–H groups in total. The Bertz CT molecular complexity index is 520. The second kappa shape index (κ2) is 6.91. The third kappa shape index (κ3) is 3.84. The maximum Gasteiger partial charge on any atom is 0.0665 e. The molecule has 2 unspecified atom stereocenters. The van der Waals surface area contributed by atoms with E-state index >= 15 is 0 Å². The van der Waals surface area contributed by atoms with Crippen molar-refractivity contribution in [3.8, 4) is 0 Å². The molecule has 0 bridgehead atoms. The summed E-state index contributed by atoms with van der Waals surface area (Å²) >= 11 is 1.78. The summed E-state index contributed by atoms with van der Waals surface area (Å²) in [6.07, 6.45) is 1.83. The largest absolute Gasteiger partial charge is 0.327 e. The third-order valence-electron chi connectivity index (χ3n) is 3.27. The number of nitrogens with two attached hydrogens (primary N) is 1. The smallest absolute Gasteiger partial charge is 0.0665 e. The Kier molecular flexibility index (Phi) is 5.21. The van der Waals surface area contributed by atoms with Crippen molar-refractivity contribution in [1.29, 1.82) is 0 Å². The van der Waals surface area contributed by atoms with E-state index in [1.165, 1.54) is 10.5 Å². The lowest BCUT2D eigenvalue weighted by Crippen LogP contribution is -2.23. The van der Waals surface area contributed by atoms with Gasteiger partial charge in [0, 0.05) is 17.1 Å². The van der Waals surface area contributed by atoms with Crippen LogP contribution in [0.2, 0.25) is 0 Å². The third-order valence-corrected chi connectivity index (χ3v) is 4.74. The summed E-state index contributed by atoms with van der Waals surface area (Å²) in [5.74, 6) is 0.564. The predicted octanol–water partition coefficient (Wildman–Crippen LogP) is 4.39. The molecule has 2 aromatic rings. The first-order valence-electron chi connectivity index (χ1n) is 7.01. The van der Waals surface area contributed by atoms with Crippen molar-refractivity contribution in [2.75, 3.05) is 0 Å². The van der Waals surface area contributed by atoms with Crippen LogP contribution < -0.4 is 5.73 Å². The molecule has 3 heteroatoms. The Morgan fingerprint density at radius 2 is 1.70 bits per heavy atom. The van der Waals surface area contributed by atoms with Crippen LogP contribution in [0, 0.1) is 0 Å². The molecule has 0 amide bonds. The quantitative estimate of drug-likeness (QED) is 0.829. The lowest BCUT2D eigenvalue weighted by molar-refractivity contribution is 0.705. The van der Waals surface area contributed by atoms with Crippen LogP contribution in [0.1, 0.15) is 43.2 Å². The summed E-state index contributed by atoms with van der Waals surface area (Å²) < 4.78 is 0. The summed E-state index contributed by atoms with van der Waals surface area (Å²) in [7, 11) is 0. The fourth-order valence-corrected chi connectivity index (χ4v) is 3.12. The van der Waals surface area contributed by atoms with Crippen LogP contribution >= 0.6 is 11.8 Å². The second-order valence-corrected chi connectivity index (χ2v) is 6.59. The molecular formula is C17H22N2S. The zero-order valence-corrected chi connectivity index (χ0v) is 13.1. The SMILES string of the molecule is CC(C)c1ccc(SC(c2ccccn2)C(C)N)cc1. The molecule has 0 aliphatic heterocycles. The first kappa shape index (κ1) is 15.1. The Morgan fingerprint density at radius 1 is 1.00 bits per heavy atom. The van der Waals surface area contributed by atoms with E-state index in [4.69, 9.17) is 5.73 Å². The van der Waals surface area contributed by atoms with Crippen molar-refractivity contribution in [2.24, 2.45) is 5.73 Å². The van der Waals surface area contributed by atoms with Crippen molar-refractivity contribution < 1.29 is 0 Å². The summed E-state index contributed by atoms with van der Waals surface area (Å²) in [4.78, 5) is 5.68. The Morgan fingerprint density at radius 3 is 2.20 bits per heavy atom. The number of rotatable bonds is 5. The molecule has 106 valence electrons. The van der Waals surface area contributed by atoms with Gasteiger partial charge in [0.25, 0.3) is 0 Å². The number of thioether (sulfide) groups is 1. The highest BCUT2D eigenvalue weighted by Gasteiger charge is 2.18. The van der Waals surface area contributed by atoms with Crippen molar-refractivity contribution in [3.63, 3.8) is 0 Å². The minimum atomic E-state index is 0.0553. The van der Waals surface area contributed by atoms with Crippen LogP contribution in [0.15, 0.2) is 53.6 Å². The molecule has 2 rings (SSSR count). The van der Waals surface area contributed by atoms with Gasteiger partial charge in [-0.3, -0.25) is 4.98 Å². The zero-order chi connectivity index (χ0) is 14.5. The molecule has 0 spiro atoms. The van der Waals surface area contributed by atoms with Gasteiger partial charge in [0.1, 0.15) is 0 Å². The number of pyridine rings is 1. The highest BCUT2D eigenvalue weighted by Crippen LogP contribution is 2.36. The first-order valence-corrected chi connectivity index (χ1v) is 7.89. The molecule has 2 atom stereocenters. The highest BCUT2D eigenvalue weighted by atomic mass is 32.2. The van der Waals surface area contributed by atoms with Gasteiger partial charge in [0.15, 0.2) is 0 Å². The van der Waals surface area contributed by atoms with Gasteiger partial charge >= 0.3 is 0 Å². The van der Waals surface area contributed by atoms with Crippen LogP contribution in [-0.2, 0) is 0 Å². The number of aromatic nitrogens is 1. The van der Waals surface area contributed by atoms with E-state index in [9.17, 15) is 0 Å². The number of benzene rings is 1. The van der Waals surface area contributed by atoms with Gasteiger partial charge in [-0.25, -0.2) is 0 Å².